The Morgan fingerprint density at radius 1 is 1.03 bits per heavy atom. The first-order valence-corrected chi connectivity index (χ1v) is 10.3. The lowest BCUT2D eigenvalue weighted by Crippen LogP contribution is -2.33. The first-order valence-electron chi connectivity index (χ1n) is 10.3. The SMILES string of the molecule is Cc1cc(C(=O)NC(C)CCc2ccccc2)c2c(C)nn(-c3ccccc3)c2n1. The van der Waals surface area contributed by atoms with Crippen molar-refractivity contribution in [1.82, 2.24) is 20.1 Å². The van der Waals surface area contributed by atoms with Crippen molar-refractivity contribution in [3.8, 4) is 5.69 Å². The van der Waals surface area contributed by atoms with Gasteiger partial charge in [-0.2, -0.15) is 5.10 Å². The number of aromatic nitrogens is 3. The topological polar surface area (TPSA) is 59.8 Å². The van der Waals surface area contributed by atoms with Crippen LogP contribution in [0.3, 0.4) is 0 Å². The van der Waals surface area contributed by atoms with Crippen molar-refractivity contribution >= 4 is 16.9 Å². The summed E-state index contributed by atoms with van der Waals surface area (Å²) in [6, 6.07) is 22.1. The number of para-hydroxylation sites is 1. The van der Waals surface area contributed by atoms with Gasteiger partial charge in [-0.3, -0.25) is 4.79 Å². The van der Waals surface area contributed by atoms with Gasteiger partial charge in [-0.25, -0.2) is 9.67 Å². The van der Waals surface area contributed by atoms with Crippen LogP contribution in [-0.2, 0) is 6.42 Å². The molecule has 2 heterocycles. The van der Waals surface area contributed by atoms with E-state index in [9.17, 15) is 4.79 Å². The Morgan fingerprint density at radius 3 is 2.40 bits per heavy atom. The highest BCUT2D eigenvalue weighted by Gasteiger charge is 2.20. The molecule has 2 aromatic heterocycles. The first kappa shape index (κ1) is 19.8. The quantitative estimate of drug-likeness (QED) is 0.508. The van der Waals surface area contributed by atoms with Gasteiger partial charge < -0.3 is 5.32 Å². The average molecular weight is 399 g/mol. The summed E-state index contributed by atoms with van der Waals surface area (Å²) < 4.78 is 1.81. The summed E-state index contributed by atoms with van der Waals surface area (Å²) in [6.07, 6.45) is 1.81. The van der Waals surface area contributed by atoms with Gasteiger partial charge in [-0.1, -0.05) is 48.5 Å². The van der Waals surface area contributed by atoms with Crippen LogP contribution < -0.4 is 5.32 Å². The third kappa shape index (κ3) is 4.10. The molecule has 0 bridgehead atoms. The Balaban J connectivity index is 1.60. The summed E-state index contributed by atoms with van der Waals surface area (Å²) in [4.78, 5) is 17.8. The van der Waals surface area contributed by atoms with E-state index in [1.165, 1.54) is 5.56 Å². The van der Waals surface area contributed by atoms with Crippen LogP contribution in [0.5, 0.6) is 0 Å². The number of amides is 1. The van der Waals surface area contributed by atoms with Gasteiger partial charge in [0.15, 0.2) is 5.65 Å². The lowest BCUT2D eigenvalue weighted by Gasteiger charge is -2.15. The van der Waals surface area contributed by atoms with Crippen LogP contribution in [0, 0.1) is 13.8 Å². The maximum atomic E-state index is 13.2. The number of rotatable bonds is 6. The highest BCUT2D eigenvalue weighted by atomic mass is 16.1. The highest BCUT2D eigenvalue weighted by Crippen LogP contribution is 2.25. The molecule has 4 rings (SSSR count). The van der Waals surface area contributed by atoms with Gasteiger partial charge >= 0.3 is 0 Å². The van der Waals surface area contributed by atoms with Gasteiger partial charge in [0, 0.05) is 11.7 Å². The monoisotopic (exact) mass is 398 g/mol. The summed E-state index contributed by atoms with van der Waals surface area (Å²) in [5, 5.41) is 8.63. The number of aryl methyl sites for hydroxylation is 3. The van der Waals surface area contributed by atoms with E-state index in [0.717, 1.165) is 35.3 Å². The molecule has 0 radical (unpaired) electrons. The van der Waals surface area contributed by atoms with E-state index < -0.39 is 0 Å². The van der Waals surface area contributed by atoms with Gasteiger partial charge in [0.05, 0.1) is 22.3 Å². The van der Waals surface area contributed by atoms with Crippen LogP contribution in [0.1, 0.15) is 40.7 Å². The third-order valence-corrected chi connectivity index (χ3v) is 5.27. The fourth-order valence-electron chi connectivity index (χ4n) is 3.74. The van der Waals surface area contributed by atoms with Crippen molar-refractivity contribution in [2.45, 2.75) is 39.7 Å². The van der Waals surface area contributed by atoms with Crippen LogP contribution in [0.25, 0.3) is 16.7 Å². The lowest BCUT2D eigenvalue weighted by molar-refractivity contribution is 0.0940. The number of fused-ring (bicyclic) bond motifs is 1. The molecule has 0 aliphatic carbocycles. The Morgan fingerprint density at radius 2 is 1.70 bits per heavy atom. The third-order valence-electron chi connectivity index (χ3n) is 5.27. The maximum Gasteiger partial charge on any atom is 0.252 e. The van der Waals surface area contributed by atoms with Crippen LogP contribution >= 0.6 is 0 Å². The molecule has 0 fully saturated rings. The van der Waals surface area contributed by atoms with Gasteiger partial charge in [0.1, 0.15) is 0 Å². The van der Waals surface area contributed by atoms with E-state index in [4.69, 9.17) is 4.98 Å². The van der Waals surface area contributed by atoms with Gasteiger partial charge in [-0.15, -0.1) is 0 Å². The first-order chi connectivity index (χ1) is 14.5. The van der Waals surface area contributed by atoms with Crippen LogP contribution in [-0.4, -0.2) is 26.7 Å². The largest absolute Gasteiger partial charge is 0.350 e. The number of benzene rings is 2. The Labute approximate surface area is 176 Å². The second-order valence-electron chi connectivity index (χ2n) is 7.74. The minimum atomic E-state index is -0.0817. The average Bonchev–Trinajstić information content (AvgIpc) is 3.09. The molecule has 4 aromatic rings. The van der Waals surface area contributed by atoms with E-state index in [-0.39, 0.29) is 11.9 Å². The van der Waals surface area contributed by atoms with Crippen molar-refractivity contribution in [2.24, 2.45) is 0 Å². The summed E-state index contributed by atoms with van der Waals surface area (Å²) in [6.45, 7) is 5.88. The molecule has 0 saturated carbocycles. The normalized spacial score (nSPS) is 12.1. The minimum absolute atomic E-state index is 0.0608. The van der Waals surface area contributed by atoms with E-state index >= 15 is 0 Å². The van der Waals surface area contributed by atoms with Gasteiger partial charge in [-0.05, 0) is 57.4 Å². The maximum absolute atomic E-state index is 13.2. The molecule has 0 aliphatic heterocycles. The molecule has 1 unspecified atom stereocenters. The number of nitrogens with zero attached hydrogens (tertiary/aromatic N) is 3. The predicted octanol–water partition coefficient (Wildman–Crippen LogP) is 4.79. The van der Waals surface area contributed by atoms with E-state index in [1.54, 1.807) is 0 Å². The van der Waals surface area contributed by atoms with E-state index in [1.807, 2.05) is 80.1 Å². The highest BCUT2D eigenvalue weighted by molar-refractivity contribution is 6.06. The van der Waals surface area contributed by atoms with E-state index in [2.05, 4.69) is 22.5 Å². The zero-order chi connectivity index (χ0) is 21.1. The Hall–Kier alpha value is -3.47. The zero-order valence-electron chi connectivity index (χ0n) is 17.6. The number of hydrogen-bond acceptors (Lipinski definition) is 3. The predicted molar refractivity (Wildman–Crippen MR) is 120 cm³/mol. The number of nitrogens with one attached hydrogen (secondary N) is 1. The molecule has 152 valence electrons. The molecule has 0 saturated heterocycles. The molecule has 5 nitrogen and oxygen atoms in total. The van der Waals surface area contributed by atoms with Crippen molar-refractivity contribution in [3.63, 3.8) is 0 Å². The van der Waals surface area contributed by atoms with Crippen LogP contribution in [0.4, 0.5) is 0 Å². The molecule has 0 aliphatic rings. The molecule has 1 atom stereocenters. The molecule has 1 N–H and O–H groups in total. The smallest absolute Gasteiger partial charge is 0.252 e. The second-order valence-corrected chi connectivity index (χ2v) is 7.74. The van der Waals surface area contributed by atoms with Crippen molar-refractivity contribution in [1.29, 1.82) is 0 Å². The molecular weight excluding hydrogens is 372 g/mol. The fourth-order valence-corrected chi connectivity index (χ4v) is 3.74. The van der Waals surface area contributed by atoms with Gasteiger partial charge in [0.25, 0.3) is 5.91 Å². The summed E-state index contributed by atoms with van der Waals surface area (Å²) in [5.41, 5.74) is 5.13. The molecule has 2 aromatic carbocycles. The molecule has 0 spiro atoms. The molecule has 1 amide bonds. The minimum Gasteiger partial charge on any atom is -0.350 e. The molecule has 5 heteroatoms. The van der Waals surface area contributed by atoms with Crippen LogP contribution in [0.2, 0.25) is 0 Å². The van der Waals surface area contributed by atoms with Crippen LogP contribution in [0.15, 0.2) is 66.7 Å². The summed E-state index contributed by atoms with van der Waals surface area (Å²) >= 11 is 0. The summed E-state index contributed by atoms with van der Waals surface area (Å²) in [7, 11) is 0. The lowest BCUT2D eigenvalue weighted by atomic mass is 10.0. The fraction of sp³-hybridized carbons (Fsp3) is 0.240. The van der Waals surface area contributed by atoms with Crippen molar-refractivity contribution in [2.75, 3.05) is 0 Å². The Kier molecular flexibility index (Phi) is 5.61. The number of carbonyl (C=O) groups is 1. The van der Waals surface area contributed by atoms with E-state index in [0.29, 0.717) is 11.2 Å². The van der Waals surface area contributed by atoms with Gasteiger partial charge in [0.2, 0.25) is 0 Å². The number of hydrogen-bond donors (Lipinski definition) is 1. The number of pyridine rings is 1. The number of carbonyl (C=O) groups excluding carboxylic acids is 1. The summed E-state index contributed by atoms with van der Waals surface area (Å²) in [5.74, 6) is -0.0817. The van der Waals surface area contributed by atoms with Crippen molar-refractivity contribution < 1.29 is 4.79 Å². The zero-order valence-corrected chi connectivity index (χ0v) is 17.6. The second kappa shape index (κ2) is 8.49. The standard InChI is InChI=1S/C25H26N4O/c1-17(14-15-20-10-6-4-7-11-20)27-25(30)22-16-18(2)26-24-23(22)19(3)28-29(24)21-12-8-5-9-13-21/h4-13,16-17H,14-15H2,1-3H3,(H,27,30). The molecule has 30 heavy (non-hydrogen) atoms. The van der Waals surface area contributed by atoms with Crippen molar-refractivity contribution in [3.05, 3.63) is 89.2 Å². The molecular formula is C25H26N4O. The Bertz CT molecular complexity index is 1170.